The highest BCUT2D eigenvalue weighted by Crippen LogP contribution is 2.24. The van der Waals surface area contributed by atoms with Crippen LogP contribution >= 0.6 is 11.6 Å². The second-order valence-corrected chi connectivity index (χ2v) is 4.45. The lowest BCUT2D eigenvalue weighted by Crippen LogP contribution is -2.00. The van der Waals surface area contributed by atoms with Gasteiger partial charge in [-0.25, -0.2) is 0 Å². The molecular weight excluding hydrogens is 260 g/mol. The second kappa shape index (κ2) is 6.29. The minimum absolute atomic E-state index is 0.235. The number of hydrogen-bond donors (Lipinski definition) is 1. The van der Waals surface area contributed by atoms with Crippen molar-refractivity contribution in [1.82, 2.24) is 0 Å². The number of benzene rings is 2. The molecule has 19 heavy (non-hydrogen) atoms. The fourth-order valence-corrected chi connectivity index (χ4v) is 1.83. The summed E-state index contributed by atoms with van der Waals surface area (Å²) in [4.78, 5) is 0. The van der Waals surface area contributed by atoms with Crippen LogP contribution in [0.15, 0.2) is 48.5 Å². The van der Waals surface area contributed by atoms with E-state index in [-0.39, 0.29) is 6.61 Å². The van der Waals surface area contributed by atoms with Gasteiger partial charge in [-0.15, -0.1) is 6.42 Å². The van der Waals surface area contributed by atoms with E-state index in [9.17, 15) is 5.11 Å². The van der Waals surface area contributed by atoms with Crippen molar-refractivity contribution in [3.63, 3.8) is 0 Å². The van der Waals surface area contributed by atoms with E-state index in [1.165, 1.54) is 0 Å². The van der Waals surface area contributed by atoms with Gasteiger partial charge in [-0.3, -0.25) is 0 Å². The minimum atomic E-state index is -0.682. The number of terminal acetylenes is 1. The van der Waals surface area contributed by atoms with Crippen LogP contribution in [-0.4, -0.2) is 11.7 Å². The summed E-state index contributed by atoms with van der Waals surface area (Å²) in [5.74, 6) is 3.09. The number of halogens is 1. The maximum absolute atomic E-state index is 10.2. The van der Waals surface area contributed by atoms with Gasteiger partial charge in [-0.1, -0.05) is 41.8 Å². The van der Waals surface area contributed by atoms with E-state index in [2.05, 4.69) is 5.92 Å². The summed E-state index contributed by atoms with van der Waals surface area (Å²) >= 11 is 5.82. The van der Waals surface area contributed by atoms with Crippen molar-refractivity contribution in [2.45, 2.75) is 6.10 Å². The molecule has 2 nitrogen and oxygen atoms in total. The van der Waals surface area contributed by atoms with Crippen LogP contribution in [-0.2, 0) is 0 Å². The number of aliphatic hydroxyl groups excluding tert-OH is 1. The molecule has 0 saturated heterocycles. The van der Waals surface area contributed by atoms with E-state index in [1.54, 1.807) is 36.4 Å². The smallest absolute Gasteiger partial charge is 0.148 e. The van der Waals surface area contributed by atoms with Crippen molar-refractivity contribution in [2.75, 3.05) is 6.61 Å². The van der Waals surface area contributed by atoms with Crippen LogP contribution in [0.1, 0.15) is 17.2 Å². The Morgan fingerprint density at radius 1 is 1.05 bits per heavy atom. The molecule has 1 unspecified atom stereocenters. The van der Waals surface area contributed by atoms with Gasteiger partial charge in [0.1, 0.15) is 18.5 Å². The average molecular weight is 273 g/mol. The van der Waals surface area contributed by atoms with Crippen LogP contribution in [0.2, 0.25) is 5.02 Å². The summed E-state index contributed by atoms with van der Waals surface area (Å²) in [6.07, 6.45) is 4.44. The fraction of sp³-hybridized carbons (Fsp3) is 0.125. The lowest BCUT2D eigenvalue weighted by atomic mass is 10.0. The Hall–Kier alpha value is -1.95. The van der Waals surface area contributed by atoms with Gasteiger partial charge in [0.05, 0.1) is 0 Å². The molecule has 96 valence electrons. The molecule has 0 aliphatic heterocycles. The van der Waals surface area contributed by atoms with Gasteiger partial charge < -0.3 is 9.84 Å². The van der Waals surface area contributed by atoms with Crippen molar-refractivity contribution in [2.24, 2.45) is 0 Å². The molecule has 0 aliphatic carbocycles. The van der Waals surface area contributed by atoms with E-state index in [4.69, 9.17) is 22.8 Å². The van der Waals surface area contributed by atoms with Crippen LogP contribution in [0.5, 0.6) is 5.75 Å². The van der Waals surface area contributed by atoms with Crippen LogP contribution in [0.25, 0.3) is 0 Å². The van der Waals surface area contributed by atoms with Crippen LogP contribution in [0.3, 0.4) is 0 Å². The molecule has 0 saturated carbocycles. The maximum atomic E-state index is 10.2. The van der Waals surface area contributed by atoms with Gasteiger partial charge in [-0.2, -0.15) is 0 Å². The Bertz CT molecular complexity index is 567. The second-order valence-electron chi connectivity index (χ2n) is 4.02. The van der Waals surface area contributed by atoms with Crippen molar-refractivity contribution >= 4 is 11.6 Å². The van der Waals surface area contributed by atoms with Crippen molar-refractivity contribution in [1.29, 1.82) is 0 Å². The maximum Gasteiger partial charge on any atom is 0.148 e. The van der Waals surface area contributed by atoms with Gasteiger partial charge >= 0.3 is 0 Å². The van der Waals surface area contributed by atoms with Crippen molar-refractivity contribution in [3.8, 4) is 18.1 Å². The quantitative estimate of drug-likeness (QED) is 0.864. The summed E-state index contributed by atoms with van der Waals surface area (Å²) in [6, 6.07) is 14.3. The highest BCUT2D eigenvalue weighted by molar-refractivity contribution is 6.30. The van der Waals surface area contributed by atoms with Gasteiger partial charge in [0, 0.05) is 5.02 Å². The summed E-state index contributed by atoms with van der Waals surface area (Å²) < 4.78 is 5.28. The van der Waals surface area contributed by atoms with Crippen LogP contribution in [0.4, 0.5) is 0 Å². The van der Waals surface area contributed by atoms with E-state index < -0.39 is 6.10 Å². The molecule has 1 N–H and O–H groups in total. The lowest BCUT2D eigenvalue weighted by Gasteiger charge is -2.12. The molecule has 0 radical (unpaired) electrons. The SMILES string of the molecule is C#CCOc1ccc(C(O)c2ccc(Cl)cc2)cc1. The first-order valence-electron chi connectivity index (χ1n) is 5.80. The molecule has 2 rings (SSSR count). The molecule has 0 spiro atoms. The predicted octanol–water partition coefficient (Wildman–Crippen LogP) is 3.43. The molecule has 0 fully saturated rings. The third-order valence-corrected chi connectivity index (χ3v) is 2.96. The fourth-order valence-electron chi connectivity index (χ4n) is 1.71. The van der Waals surface area contributed by atoms with E-state index >= 15 is 0 Å². The van der Waals surface area contributed by atoms with Gasteiger partial charge in [0.2, 0.25) is 0 Å². The Morgan fingerprint density at radius 3 is 2.11 bits per heavy atom. The lowest BCUT2D eigenvalue weighted by molar-refractivity contribution is 0.220. The monoisotopic (exact) mass is 272 g/mol. The minimum Gasteiger partial charge on any atom is -0.481 e. The molecule has 0 aliphatic rings. The Balaban J connectivity index is 2.13. The van der Waals surface area contributed by atoms with E-state index in [0.29, 0.717) is 10.8 Å². The summed E-state index contributed by atoms with van der Waals surface area (Å²) in [6.45, 7) is 0.235. The molecular formula is C16H13ClO2. The summed E-state index contributed by atoms with van der Waals surface area (Å²) in [5, 5.41) is 10.9. The molecule has 2 aromatic rings. The molecule has 0 aromatic heterocycles. The first-order valence-corrected chi connectivity index (χ1v) is 6.18. The van der Waals surface area contributed by atoms with E-state index in [0.717, 1.165) is 11.1 Å². The predicted molar refractivity (Wildman–Crippen MR) is 76.3 cm³/mol. The molecule has 3 heteroatoms. The Kier molecular flexibility index (Phi) is 4.46. The summed E-state index contributed by atoms with van der Waals surface area (Å²) in [7, 11) is 0. The standard InChI is InChI=1S/C16H13ClO2/c1-2-11-19-15-9-5-13(6-10-15)16(18)12-3-7-14(17)8-4-12/h1,3-10,16,18H,11H2. The first kappa shape index (κ1) is 13.5. The normalized spacial score (nSPS) is 11.6. The van der Waals surface area contributed by atoms with Crippen molar-refractivity contribution in [3.05, 3.63) is 64.7 Å². The third-order valence-electron chi connectivity index (χ3n) is 2.70. The van der Waals surface area contributed by atoms with E-state index in [1.807, 2.05) is 12.1 Å². The molecule has 0 amide bonds. The van der Waals surface area contributed by atoms with Crippen LogP contribution < -0.4 is 4.74 Å². The topological polar surface area (TPSA) is 29.5 Å². The molecule has 2 aromatic carbocycles. The Labute approximate surface area is 117 Å². The largest absolute Gasteiger partial charge is 0.481 e. The Morgan fingerprint density at radius 2 is 1.58 bits per heavy atom. The van der Waals surface area contributed by atoms with Gasteiger partial charge in [-0.05, 0) is 35.4 Å². The number of rotatable bonds is 4. The molecule has 0 heterocycles. The number of ether oxygens (including phenoxy) is 1. The average Bonchev–Trinajstić information content (AvgIpc) is 2.46. The van der Waals surface area contributed by atoms with Crippen LogP contribution in [0, 0.1) is 12.3 Å². The third kappa shape index (κ3) is 3.51. The first-order chi connectivity index (χ1) is 9.20. The van der Waals surface area contributed by atoms with Gasteiger partial charge in [0.25, 0.3) is 0 Å². The highest BCUT2D eigenvalue weighted by Gasteiger charge is 2.10. The zero-order valence-electron chi connectivity index (χ0n) is 10.2. The molecule has 1 atom stereocenters. The molecule has 0 bridgehead atoms. The summed E-state index contributed by atoms with van der Waals surface area (Å²) in [5.41, 5.74) is 1.58. The zero-order valence-corrected chi connectivity index (χ0v) is 11.0. The van der Waals surface area contributed by atoms with Crippen molar-refractivity contribution < 1.29 is 9.84 Å². The van der Waals surface area contributed by atoms with Gasteiger partial charge in [0.15, 0.2) is 0 Å². The zero-order chi connectivity index (χ0) is 13.7. The highest BCUT2D eigenvalue weighted by atomic mass is 35.5. The number of hydrogen-bond acceptors (Lipinski definition) is 2. The number of aliphatic hydroxyl groups is 1.